The number of hydrogen-bond acceptors (Lipinski definition) is 3. The first-order valence-corrected chi connectivity index (χ1v) is 18.8. The number of rotatable bonds is 5. The van der Waals surface area contributed by atoms with Crippen molar-refractivity contribution in [2.24, 2.45) is 0 Å². The minimum atomic E-state index is 0.550. The first-order chi connectivity index (χ1) is 27.8. The van der Waals surface area contributed by atoms with Gasteiger partial charge in [0.15, 0.2) is 5.82 Å². The van der Waals surface area contributed by atoms with Crippen LogP contribution in [0.2, 0.25) is 0 Å². The Morgan fingerprint density at radius 2 is 0.571 bits per heavy atom. The highest BCUT2D eigenvalue weighted by atomic mass is 15.3. The SMILES string of the molecule is c1ccc(-c2nc(-n3c4ccccc4c4c3c3ccccc3n4-c3ccccc3)nc(-n3c4ccccc4c4c3c3ccccc3n4-c3ccccc3)n2)cc1. The summed E-state index contributed by atoms with van der Waals surface area (Å²) in [5.74, 6) is 1.70. The molecule has 0 atom stereocenters. The molecule has 0 bridgehead atoms. The maximum absolute atomic E-state index is 5.51. The van der Waals surface area contributed by atoms with Crippen LogP contribution in [0.5, 0.6) is 0 Å². The number of hydrogen-bond donors (Lipinski definition) is 0. The summed E-state index contributed by atoms with van der Waals surface area (Å²) in [5.41, 5.74) is 11.7. The van der Waals surface area contributed by atoms with Crippen LogP contribution in [0.4, 0.5) is 0 Å². The third-order valence-corrected chi connectivity index (χ3v) is 11.0. The van der Waals surface area contributed by atoms with Gasteiger partial charge in [0.1, 0.15) is 0 Å². The number of para-hydroxylation sites is 6. The van der Waals surface area contributed by atoms with Gasteiger partial charge < -0.3 is 9.13 Å². The summed E-state index contributed by atoms with van der Waals surface area (Å²) >= 11 is 0. The van der Waals surface area contributed by atoms with E-state index in [2.05, 4.69) is 188 Å². The van der Waals surface area contributed by atoms with Crippen LogP contribution in [0.3, 0.4) is 0 Å². The molecule has 0 aliphatic rings. The van der Waals surface area contributed by atoms with Crippen molar-refractivity contribution in [1.82, 2.24) is 33.2 Å². The second-order valence-electron chi connectivity index (χ2n) is 14.1. The van der Waals surface area contributed by atoms with Crippen molar-refractivity contribution >= 4 is 65.7 Å². The third-order valence-electron chi connectivity index (χ3n) is 11.0. The molecule has 0 fully saturated rings. The lowest BCUT2D eigenvalue weighted by Gasteiger charge is -2.12. The average molecular weight is 718 g/mol. The number of benzene rings is 7. The number of fused-ring (bicyclic) bond motifs is 10. The predicted molar refractivity (Wildman–Crippen MR) is 228 cm³/mol. The van der Waals surface area contributed by atoms with E-state index in [0.29, 0.717) is 17.7 Å². The summed E-state index contributed by atoms with van der Waals surface area (Å²) in [7, 11) is 0. The van der Waals surface area contributed by atoms with Crippen molar-refractivity contribution in [2.75, 3.05) is 0 Å². The zero-order chi connectivity index (χ0) is 36.7. The Balaban J connectivity index is 1.24. The van der Waals surface area contributed by atoms with Crippen molar-refractivity contribution in [3.8, 4) is 34.7 Å². The van der Waals surface area contributed by atoms with Gasteiger partial charge in [-0.05, 0) is 48.5 Å². The fourth-order valence-corrected chi connectivity index (χ4v) is 8.75. The molecule has 12 aromatic rings. The third kappa shape index (κ3) is 4.30. The molecule has 12 rings (SSSR count). The molecule has 5 heterocycles. The van der Waals surface area contributed by atoms with Crippen molar-refractivity contribution in [1.29, 1.82) is 0 Å². The van der Waals surface area contributed by atoms with E-state index in [0.717, 1.165) is 82.6 Å². The number of aromatic nitrogens is 7. The standard InChI is InChI=1S/C49H31N7/c1-4-18-32(19-5-1)47-50-48(55-41-30-16-12-26-37(41)43-45(55)35-24-10-14-28-39(35)53(43)33-20-6-2-7-21-33)52-49(51-47)56-42-31-17-13-27-38(42)44-46(56)36-25-11-15-29-40(36)54(44)34-22-8-3-9-23-34/h1-31H. The molecule has 0 aliphatic heterocycles. The molecule has 7 heteroatoms. The van der Waals surface area contributed by atoms with E-state index in [4.69, 9.17) is 15.0 Å². The molecule has 7 aromatic carbocycles. The zero-order valence-electron chi connectivity index (χ0n) is 30.0. The van der Waals surface area contributed by atoms with Crippen LogP contribution in [0.1, 0.15) is 0 Å². The van der Waals surface area contributed by atoms with Gasteiger partial charge in [-0.1, -0.05) is 140 Å². The molecule has 0 radical (unpaired) electrons. The monoisotopic (exact) mass is 717 g/mol. The van der Waals surface area contributed by atoms with E-state index in [1.165, 1.54) is 0 Å². The lowest BCUT2D eigenvalue weighted by atomic mass is 10.2. The lowest BCUT2D eigenvalue weighted by molar-refractivity contribution is 0.894. The molecule has 56 heavy (non-hydrogen) atoms. The zero-order valence-corrected chi connectivity index (χ0v) is 30.0. The van der Waals surface area contributed by atoms with Gasteiger partial charge in [-0.2, -0.15) is 15.0 Å². The average Bonchev–Trinajstić information content (AvgIpc) is 3.99. The van der Waals surface area contributed by atoms with E-state index in [1.807, 2.05) is 18.2 Å². The van der Waals surface area contributed by atoms with Crippen LogP contribution < -0.4 is 0 Å². The normalized spacial score (nSPS) is 11.9. The highest BCUT2D eigenvalue weighted by molar-refractivity contribution is 6.21. The summed E-state index contributed by atoms with van der Waals surface area (Å²) in [4.78, 5) is 16.2. The van der Waals surface area contributed by atoms with E-state index < -0.39 is 0 Å². The van der Waals surface area contributed by atoms with E-state index in [-0.39, 0.29) is 0 Å². The van der Waals surface area contributed by atoms with Gasteiger partial charge in [0.25, 0.3) is 0 Å². The Kier molecular flexibility index (Phi) is 6.50. The predicted octanol–water partition coefficient (Wildman–Crippen LogP) is 11.6. The highest BCUT2D eigenvalue weighted by Gasteiger charge is 2.27. The Hall–Kier alpha value is -7.77. The van der Waals surface area contributed by atoms with Gasteiger partial charge >= 0.3 is 0 Å². The van der Waals surface area contributed by atoms with E-state index in [9.17, 15) is 0 Å². The van der Waals surface area contributed by atoms with Crippen LogP contribution in [-0.4, -0.2) is 33.2 Å². The summed E-state index contributed by atoms with van der Waals surface area (Å²) < 4.78 is 9.21. The Bertz CT molecular complexity index is 3240. The first-order valence-electron chi connectivity index (χ1n) is 18.8. The van der Waals surface area contributed by atoms with Gasteiger partial charge in [-0.25, -0.2) is 0 Å². The smallest absolute Gasteiger partial charge is 0.240 e. The minimum Gasteiger partial charge on any atom is -0.307 e. The summed E-state index contributed by atoms with van der Waals surface area (Å²) in [6, 6.07) is 65.8. The first kappa shape index (κ1) is 30.7. The summed E-state index contributed by atoms with van der Waals surface area (Å²) in [5, 5.41) is 4.46. The van der Waals surface area contributed by atoms with Crippen LogP contribution in [-0.2, 0) is 0 Å². The van der Waals surface area contributed by atoms with Crippen LogP contribution in [0.25, 0.3) is 100 Å². The number of nitrogens with zero attached hydrogens (tertiary/aromatic N) is 7. The molecular weight excluding hydrogens is 687 g/mol. The van der Waals surface area contributed by atoms with Crippen LogP contribution >= 0.6 is 0 Å². The molecular formula is C49H31N7. The van der Waals surface area contributed by atoms with Crippen molar-refractivity contribution in [2.45, 2.75) is 0 Å². The van der Waals surface area contributed by atoms with Gasteiger partial charge in [0.2, 0.25) is 11.9 Å². The highest BCUT2D eigenvalue weighted by Crippen LogP contribution is 2.42. The summed E-state index contributed by atoms with van der Waals surface area (Å²) in [6.45, 7) is 0. The minimum absolute atomic E-state index is 0.550. The molecule has 0 saturated heterocycles. The Morgan fingerprint density at radius 1 is 0.268 bits per heavy atom. The van der Waals surface area contributed by atoms with E-state index in [1.54, 1.807) is 0 Å². The van der Waals surface area contributed by atoms with Crippen LogP contribution in [0.15, 0.2) is 188 Å². The van der Waals surface area contributed by atoms with Crippen molar-refractivity contribution < 1.29 is 0 Å². The second-order valence-corrected chi connectivity index (χ2v) is 14.1. The summed E-state index contributed by atoms with van der Waals surface area (Å²) in [6.07, 6.45) is 0. The van der Waals surface area contributed by atoms with Gasteiger partial charge in [-0.15, -0.1) is 0 Å². The fraction of sp³-hybridized carbons (Fsp3) is 0. The largest absolute Gasteiger partial charge is 0.307 e. The Labute approximate surface area is 320 Å². The maximum Gasteiger partial charge on any atom is 0.240 e. The quantitative estimate of drug-likeness (QED) is 0.178. The lowest BCUT2D eigenvalue weighted by Crippen LogP contribution is -2.10. The van der Waals surface area contributed by atoms with Gasteiger partial charge in [0, 0.05) is 38.5 Å². The van der Waals surface area contributed by atoms with Gasteiger partial charge in [-0.3, -0.25) is 9.13 Å². The second kappa shape index (κ2) is 11.9. The molecule has 5 aromatic heterocycles. The molecule has 262 valence electrons. The van der Waals surface area contributed by atoms with Crippen molar-refractivity contribution in [3.63, 3.8) is 0 Å². The molecule has 0 aliphatic carbocycles. The molecule has 0 unspecified atom stereocenters. The molecule has 0 amide bonds. The maximum atomic E-state index is 5.51. The van der Waals surface area contributed by atoms with Gasteiger partial charge in [0.05, 0.1) is 44.1 Å². The van der Waals surface area contributed by atoms with Crippen molar-refractivity contribution in [3.05, 3.63) is 188 Å². The molecule has 0 spiro atoms. The van der Waals surface area contributed by atoms with E-state index >= 15 is 0 Å². The topological polar surface area (TPSA) is 58.4 Å². The molecule has 0 N–H and O–H groups in total. The fourth-order valence-electron chi connectivity index (χ4n) is 8.75. The Morgan fingerprint density at radius 3 is 0.964 bits per heavy atom. The molecule has 7 nitrogen and oxygen atoms in total. The van der Waals surface area contributed by atoms with Crippen LogP contribution in [0, 0.1) is 0 Å². The molecule has 0 saturated carbocycles.